The molecule has 6 aromatic carbocycles. The van der Waals surface area contributed by atoms with Gasteiger partial charge in [-0.25, -0.2) is 14.9 Å². The van der Waals surface area contributed by atoms with Gasteiger partial charge in [0.15, 0.2) is 11.6 Å². The maximum atomic E-state index is 5.25. The van der Waals surface area contributed by atoms with Crippen LogP contribution in [0.15, 0.2) is 146 Å². The average molecular weight is 621 g/mol. The van der Waals surface area contributed by atoms with Crippen molar-refractivity contribution < 1.29 is 0 Å². The van der Waals surface area contributed by atoms with Crippen molar-refractivity contribution in [3.8, 4) is 39.6 Å². The molecule has 9 aromatic rings. The number of benzene rings is 6. The second-order valence-electron chi connectivity index (χ2n) is 11.6. The lowest BCUT2D eigenvalue weighted by atomic mass is 10.0. The van der Waals surface area contributed by atoms with Crippen LogP contribution in [-0.2, 0) is 0 Å². The van der Waals surface area contributed by atoms with E-state index in [1.807, 2.05) is 36.4 Å². The van der Waals surface area contributed by atoms with E-state index in [9.17, 15) is 0 Å². The van der Waals surface area contributed by atoms with Crippen molar-refractivity contribution in [3.63, 3.8) is 0 Å². The molecule has 1 aliphatic rings. The summed E-state index contributed by atoms with van der Waals surface area (Å²) in [6.07, 6.45) is 0. The number of thiophene rings is 1. The number of aromatic nitrogens is 5. The Bertz CT molecular complexity index is 2660. The molecule has 0 unspecified atom stereocenters. The van der Waals surface area contributed by atoms with Gasteiger partial charge in [0.25, 0.3) is 0 Å². The zero-order valence-corrected chi connectivity index (χ0v) is 25.8. The van der Waals surface area contributed by atoms with E-state index in [-0.39, 0.29) is 0 Å². The first-order valence-electron chi connectivity index (χ1n) is 15.5. The molecule has 220 valence electrons. The van der Waals surface area contributed by atoms with Crippen molar-refractivity contribution in [2.75, 3.05) is 4.90 Å². The fourth-order valence-corrected chi connectivity index (χ4v) is 7.76. The molecule has 3 aromatic heterocycles. The summed E-state index contributed by atoms with van der Waals surface area (Å²) in [5.41, 5.74) is 7.95. The molecular weight excluding hydrogens is 597 g/mol. The quantitative estimate of drug-likeness (QED) is 0.197. The van der Waals surface area contributed by atoms with Crippen molar-refractivity contribution in [1.82, 2.24) is 24.5 Å². The number of imidazole rings is 1. The molecule has 0 aliphatic carbocycles. The van der Waals surface area contributed by atoms with Crippen LogP contribution >= 0.6 is 11.3 Å². The summed E-state index contributed by atoms with van der Waals surface area (Å²) in [5.74, 6) is 2.43. The molecule has 0 spiro atoms. The maximum absolute atomic E-state index is 5.25. The van der Waals surface area contributed by atoms with E-state index in [4.69, 9.17) is 19.9 Å². The van der Waals surface area contributed by atoms with Gasteiger partial charge in [-0.15, -0.1) is 11.3 Å². The zero-order chi connectivity index (χ0) is 30.9. The summed E-state index contributed by atoms with van der Waals surface area (Å²) in [6, 6.07) is 50.3. The molecule has 0 fully saturated rings. The molecule has 0 bridgehead atoms. The van der Waals surface area contributed by atoms with E-state index >= 15 is 0 Å². The standard InChI is InChI=1S/C40H24N6S/c1-2-12-25(13-3-1)37-42-38(26-22-23-36-30(24-26)29-16-6-11-21-35(29)47-36)44-39(43-37)46-33-19-9-5-15-28(33)27-14-4-8-18-32(27)45-34-20-10-7-17-31(34)41-40(45)46/h1-24H. The van der Waals surface area contributed by atoms with Gasteiger partial charge >= 0.3 is 0 Å². The predicted molar refractivity (Wildman–Crippen MR) is 192 cm³/mol. The molecule has 6 nitrogen and oxygen atoms in total. The minimum Gasteiger partial charge on any atom is -0.277 e. The number of anilines is 3. The van der Waals surface area contributed by atoms with Crippen molar-refractivity contribution >= 4 is 60.1 Å². The topological polar surface area (TPSA) is 59.7 Å². The van der Waals surface area contributed by atoms with E-state index in [0.29, 0.717) is 17.6 Å². The van der Waals surface area contributed by atoms with E-state index in [2.05, 4.69) is 119 Å². The Morgan fingerprint density at radius 3 is 2.00 bits per heavy atom. The van der Waals surface area contributed by atoms with Crippen molar-refractivity contribution in [2.45, 2.75) is 0 Å². The maximum Gasteiger partial charge on any atom is 0.241 e. The fourth-order valence-electron chi connectivity index (χ4n) is 6.67. The Labute approximate surface area is 273 Å². The minimum absolute atomic E-state index is 0.501. The molecule has 0 saturated heterocycles. The van der Waals surface area contributed by atoms with Crippen LogP contribution in [-0.4, -0.2) is 24.5 Å². The monoisotopic (exact) mass is 620 g/mol. The summed E-state index contributed by atoms with van der Waals surface area (Å²) in [6.45, 7) is 0. The molecule has 47 heavy (non-hydrogen) atoms. The van der Waals surface area contributed by atoms with Gasteiger partial charge in [-0.2, -0.15) is 9.97 Å². The lowest BCUT2D eigenvalue weighted by molar-refractivity contribution is 0.974. The summed E-state index contributed by atoms with van der Waals surface area (Å²) in [4.78, 5) is 22.8. The summed E-state index contributed by atoms with van der Waals surface area (Å²) >= 11 is 1.80. The smallest absolute Gasteiger partial charge is 0.241 e. The number of fused-ring (bicyclic) bond motifs is 10. The Morgan fingerprint density at radius 1 is 0.468 bits per heavy atom. The minimum atomic E-state index is 0.501. The van der Waals surface area contributed by atoms with Gasteiger partial charge in [0.1, 0.15) is 0 Å². The van der Waals surface area contributed by atoms with Gasteiger partial charge in [0.2, 0.25) is 11.9 Å². The second-order valence-corrected chi connectivity index (χ2v) is 12.6. The molecule has 1 aliphatic heterocycles. The second kappa shape index (κ2) is 10.2. The highest BCUT2D eigenvalue weighted by molar-refractivity contribution is 7.25. The predicted octanol–water partition coefficient (Wildman–Crippen LogP) is 10.4. The van der Waals surface area contributed by atoms with Gasteiger partial charge in [0, 0.05) is 42.4 Å². The highest BCUT2D eigenvalue weighted by atomic mass is 32.1. The molecule has 0 atom stereocenters. The Hall–Kier alpha value is -6.18. The van der Waals surface area contributed by atoms with E-state index in [1.165, 1.54) is 20.2 Å². The van der Waals surface area contributed by atoms with E-state index in [1.54, 1.807) is 11.3 Å². The molecule has 4 heterocycles. The van der Waals surface area contributed by atoms with E-state index in [0.717, 1.165) is 50.6 Å². The van der Waals surface area contributed by atoms with Gasteiger partial charge in [-0.05, 0) is 48.5 Å². The van der Waals surface area contributed by atoms with Crippen LogP contribution in [0.5, 0.6) is 0 Å². The fraction of sp³-hybridized carbons (Fsp3) is 0. The highest BCUT2D eigenvalue weighted by Gasteiger charge is 2.31. The van der Waals surface area contributed by atoms with Gasteiger partial charge in [-0.1, -0.05) is 97.1 Å². The first-order chi connectivity index (χ1) is 23.3. The normalized spacial score (nSPS) is 12.2. The van der Waals surface area contributed by atoms with Crippen LogP contribution in [0.2, 0.25) is 0 Å². The van der Waals surface area contributed by atoms with E-state index < -0.39 is 0 Å². The molecule has 0 N–H and O–H groups in total. The number of nitrogens with zero attached hydrogens (tertiary/aromatic N) is 6. The van der Waals surface area contributed by atoms with Crippen LogP contribution in [0.1, 0.15) is 0 Å². The van der Waals surface area contributed by atoms with Gasteiger partial charge in [0.05, 0.1) is 22.4 Å². The Balaban J connectivity index is 1.28. The molecule has 0 saturated carbocycles. The van der Waals surface area contributed by atoms with Crippen LogP contribution in [0.25, 0.3) is 70.8 Å². The van der Waals surface area contributed by atoms with Crippen molar-refractivity contribution in [1.29, 1.82) is 0 Å². The largest absolute Gasteiger partial charge is 0.277 e. The summed E-state index contributed by atoms with van der Waals surface area (Å²) < 4.78 is 4.72. The summed E-state index contributed by atoms with van der Waals surface area (Å²) in [7, 11) is 0. The number of rotatable bonds is 3. The van der Waals surface area contributed by atoms with Crippen molar-refractivity contribution in [2.24, 2.45) is 0 Å². The Kier molecular flexibility index (Phi) is 5.64. The number of hydrogen-bond donors (Lipinski definition) is 0. The Morgan fingerprint density at radius 2 is 1.13 bits per heavy atom. The molecule has 0 amide bonds. The first kappa shape index (κ1) is 26.1. The highest BCUT2D eigenvalue weighted by Crippen LogP contribution is 2.47. The number of para-hydroxylation sites is 4. The van der Waals surface area contributed by atoms with Crippen LogP contribution < -0.4 is 4.90 Å². The van der Waals surface area contributed by atoms with Crippen LogP contribution in [0.4, 0.5) is 17.6 Å². The van der Waals surface area contributed by atoms with Gasteiger partial charge in [-0.3, -0.25) is 4.57 Å². The third kappa shape index (κ3) is 4.03. The van der Waals surface area contributed by atoms with Gasteiger partial charge < -0.3 is 0 Å². The molecule has 0 radical (unpaired) electrons. The average Bonchev–Trinajstić information content (AvgIpc) is 3.67. The lowest BCUT2D eigenvalue weighted by Crippen LogP contribution is -2.18. The van der Waals surface area contributed by atoms with Crippen LogP contribution in [0.3, 0.4) is 0 Å². The lowest BCUT2D eigenvalue weighted by Gasteiger charge is -2.23. The first-order valence-corrected chi connectivity index (χ1v) is 16.3. The third-order valence-electron chi connectivity index (χ3n) is 8.81. The molecular formula is C40H24N6S. The molecule has 10 rings (SSSR count). The van der Waals surface area contributed by atoms with Crippen molar-refractivity contribution in [3.05, 3.63) is 146 Å². The summed E-state index contributed by atoms with van der Waals surface area (Å²) in [5, 5.41) is 2.43. The SMILES string of the molecule is c1ccc(-c2nc(-c3ccc4sc5ccccc5c4c3)nc(N3c4ccccc4-c4ccccc4-n4c3nc3ccccc34)n2)cc1. The van der Waals surface area contributed by atoms with Crippen LogP contribution in [0, 0.1) is 0 Å². The zero-order valence-electron chi connectivity index (χ0n) is 24.9. The molecule has 7 heteroatoms. The number of hydrogen-bond acceptors (Lipinski definition) is 6. The third-order valence-corrected chi connectivity index (χ3v) is 9.97.